The summed E-state index contributed by atoms with van der Waals surface area (Å²) in [7, 11) is 0. The average Bonchev–Trinajstić information content (AvgIpc) is 2.03. The van der Waals surface area contributed by atoms with Gasteiger partial charge in [0.05, 0.1) is 5.56 Å². The lowest BCUT2D eigenvalue weighted by Crippen LogP contribution is -3.00. The molecule has 0 amide bonds. The monoisotopic (exact) mass is 248 g/mol. The van der Waals surface area contributed by atoms with Gasteiger partial charge in [-0.05, 0) is 12.1 Å². The summed E-state index contributed by atoms with van der Waals surface area (Å²) < 4.78 is 0. The van der Waals surface area contributed by atoms with Gasteiger partial charge in [0.25, 0.3) is 5.84 Å². The Morgan fingerprint density at radius 3 is 2.33 bits per heavy atom. The molecule has 0 fully saturated rings. The van der Waals surface area contributed by atoms with Crippen molar-refractivity contribution < 1.29 is 35.2 Å². The summed E-state index contributed by atoms with van der Waals surface area (Å²) in [5, 5.41) is 5.44. The number of nitrogens with two attached hydrogens (primary N) is 3. The van der Waals surface area contributed by atoms with Crippen molar-refractivity contribution in [3.8, 4) is 0 Å². The molecule has 1 aromatic rings. The zero-order chi connectivity index (χ0) is 9.84. The van der Waals surface area contributed by atoms with Crippen molar-refractivity contribution in [2.24, 2.45) is 11.5 Å². The first-order chi connectivity index (χ1) is 6.09. The molecule has 0 atom stereocenters. The molecule has 0 saturated carbocycles. The fourth-order valence-electron chi connectivity index (χ4n) is 1.00. The number of amidine groups is 2. The number of halogens is 2. The number of hydrogen-bond donors (Lipinski definition) is 4. The molecule has 0 aromatic heterocycles. The Kier molecular flexibility index (Phi) is 7.65. The van der Waals surface area contributed by atoms with Crippen LogP contribution in [0, 0.1) is 0 Å². The first-order valence-electron chi connectivity index (χ1n) is 3.94. The van der Waals surface area contributed by atoms with Crippen molar-refractivity contribution in [2.75, 3.05) is 0 Å². The van der Waals surface area contributed by atoms with E-state index in [4.69, 9.17) is 16.9 Å². The molecule has 0 bridgehead atoms. The minimum Gasteiger partial charge on any atom is -1.00 e. The van der Waals surface area contributed by atoms with Crippen LogP contribution in [0.15, 0.2) is 24.3 Å². The number of nitrogens with one attached hydrogen (secondary N) is 1. The van der Waals surface area contributed by atoms with E-state index in [1.165, 1.54) is 0 Å². The van der Waals surface area contributed by atoms with Crippen molar-refractivity contribution >= 4 is 17.4 Å². The molecule has 84 valence electrons. The summed E-state index contributed by atoms with van der Waals surface area (Å²) in [5.41, 5.74) is 12.6. The van der Waals surface area contributed by atoms with Crippen LogP contribution >= 0.6 is 0 Å². The van der Waals surface area contributed by atoms with Crippen LogP contribution in [0.3, 0.4) is 0 Å². The van der Waals surface area contributed by atoms with Gasteiger partial charge in [-0.3, -0.25) is 16.9 Å². The molecule has 7 N–H and O–H groups in total. The van der Waals surface area contributed by atoms with Gasteiger partial charge in [-0.15, -0.1) is 0 Å². The van der Waals surface area contributed by atoms with Gasteiger partial charge in [0, 0.05) is 13.0 Å². The van der Waals surface area contributed by atoms with Gasteiger partial charge in [0.15, 0.2) is 0 Å². The highest BCUT2D eigenvalue weighted by atomic mass is 35.5. The van der Waals surface area contributed by atoms with Crippen LogP contribution in [0.1, 0.15) is 12.5 Å². The smallest absolute Gasteiger partial charge is 0.270 e. The van der Waals surface area contributed by atoms with Crippen molar-refractivity contribution in [2.45, 2.75) is 6.92 Å². The predicted octanol–water partition coefficient (Wildman–Crippen LogP) is -8.75. The minimum atomic E-state index is 0. The summed E-state index contributed by atoms with van der Waals surface area (Å²) in [6.07, 6.45) is 0. The standard InChI is InChI=1S/C9H12N4.2ClH/c1-6(10)13-8-4-2-3-7(5-8)9(11)12;;/h2-5H,1H3,(H2,10,13)(H3,11,12);2*1H. The molecule has 0 aliphatic carbocycles. The first kappa shape index (κ1) is 16.2. The lowest BCUT2D eigenvalue weighted by Gasteiger charge is -1.94. The molecule has 0 aliphatic rings. The average molecular weight is 249 g/mol. The molecule has 1 aromatic carbocycles. The maximum Gasteiger partial charge on any atom is 0.270 e. The van der Waals surface area contributed by atoms with Crippen molar-refractivity contribution in [1.82, 2.24) is 0 Å². The SMILES string of the molecule is CC(N)=[NH+]c1cccc(C(N)=[NH2+])c1.[Cl-].[Cl-]. The maximum absolute atomic E-state index is 5.49. The number of hydrogen-bond acceptors (Lipinski definition) is 0. The molecular formula is C9H14Cl2N4. The zero-order valence-electron chi connectivity index (χ0n) is 8.30. The second kappa shape index (κ2) is 7.09. The highest BCUT2D eigenvalue weighted by Crippen LogP contribution is 2.02. The molecule has 0 radical (unpaired) electrons. The zero-order valence-corrected chi connectivity index (χ0v) is 9.81. The van der Waals surface area contributed by atoms with E-state index in [9.17, 15) is 0 Å². The van der Waals surface area contributed by atoms with Crippen LogP contribution in [-0.4, -0.2) is 11.7 Å². The van der Waals surface area contributed by atoms with Crippen molar-refractivity contribution in [3.05, 3.63) is 29.8 Å². The fourth-order valence-corrected chi connectivity index (χ4v) is 1.00. The Bertz CT molecular complexity index is 359. The van der Waals surface area contributed by atoms with E-state index in [0.717, 1.165) is 11.3 Å². The van der Waals surface area contributed by atoms with Gasteiger partial charge in [-0.2, -0.15) is 0 Å². The third-order valence-electron chi connectivity index (χ3n) is 1.54. The summed E-state index contributed by atoms with van der Waals surface area (Å²) in [6, 6.07) is 7.43. The van der Waals surface area contributed by atoms with Gasteiger partial charge < -0.3 is 24.8 Å². The van der Waals surface area contributed by atoms with E-state index >= 15 is 0 Å². The molecular weight excluding hydrogens is 235 g/mol. The van der Waals surface area contributed by atoms with Gasteiger partial charge in [0.1, 0.15) is 5.69 Å². The van der Waals surface area contributed by atoms with Crippen molar-refractivity contribution in [1.29, 1.82) is 0 Å². The van der Waals surface area contributed by atoms with Gasteiger partial charge >= 0.3 is 0 Å². The van der Waals surface area contributed by atoms with E-state index in [2.05, 4.69) is 4.99 Å². The van der Waals surface area contributed by atoms with Crippen LogP contribution in [0.25, 0.3) is 0 Å². The summed E-state index contributed by atoms with van der Waals surface area (Å²) in [4.78, 5) is 2.97. The Hall–Kier alpha value is -1.26. The molecule has 0 saturated heterocycles. The fraction of sp³-hybridized carbons (Fsp3) is 0.111. The lowest BCUT2D eigenvalue weighted by molar-refractivity contribution is -0.355. The van der Waals surface area contributed by atoms with Crippen molar-refractivity contribution in [3.63, 3.8) is 0 Å². The van der Waals surface area contributed by atoms with E-state index in [1.54, 1.807) is 6.92 Å². The second-order valence-electron chi connectivity index (χ2n) is 2.84. The molecule has 0 heterocycles. The Morgan fingerprint density at radius 2 is 1.87 bits per heavy atom. The molecule has 4 nitrogen and oxygen atoms in total. The summed E-state index contributed by atoms with van der Waals surface area (Å²) in [6.45, 7) is 1.78. The quantitative estimate of drug-likeness (QED) is 0.309. The lowest BCUT2D eigenvalue weighted by atomic mass is 10.2. The van der Waals surface area contributed by atoms with E-state index < -0.39 is 0 Å². The van der Waals surface area contributed by atoms with Crippen LogP contribution in [0.2, 0.25) is 0 Å². The van der Waals surface area contributed by atoms with Gasteiger partial charge in [-0.25, -0.2) is 4.99 Å². The van der Waals surface area contributed by atoms with Crippen LogP contribution < -0.4 is 46.7 Å². The largest absolute Gasteiger partial charge is 1.00 e. The van der Waals surface area contributed by atoms with E-state index in [-0.39, 0.29) is 24.8 Å². The Labute approximate surface area is 101 Å². The molecule has 0 spiro atoms. The molecule has 0 unspecified atom stereocenters. The molecule has 6 heteroatoms. The highest BCUT2D eigenvalue weighted by molar-refractivity contribution is 5.93. The molecule has 15 heavy (non-hydrogen) atoms. The van der Waals surface area contributed by atoms with E-state index in [0.29, 0.717) is 11.7 Å². The maximum atomic E-state index is 5.49. The van der Waals surface area contributed by atoms with Gasteiger partial charge in [-0.1, -0.05) is 6.07 Å². The number of benzene rings is 1. The third-order valence-corrected chi connectivity index (χ3v) is 1.54. The predicted molar refractivity (Wildman–Crippen MR) is 52.2 cm³/mol. The topological polar surface area (TPSA) is 91.6 Å². The third kappa shape index (κ3) is 5.24. The van der Waals surface area contributed by atoms with Crippen LogP contribution in [0.4, 0.5) is 5.69 Å². The van der Waals surface area contributed by atoms with E-state index in [1.807, 2.05) is 24.3 Å². The summed E-state index contributed by atoms with van der Waals surface area (Å²) >= 11 is 0. The first-order valence-corrected chi connectivity index (χ1v) is 3.94. The second-order valence-corrected chi connectivity index (χ2v) is 2.84. The normalized spacial score (nSPS) is 9.80. The highest BCUT2D eigenvalue weighted by Gasteiger charge is 2.02. The Balaban J connectivity index is 0. The van der Waals surface area contributed by atoms with Gasteiger partial charge in [0.2, 0.25) is 5.84 Å². The Morgan fingerprint density at radius 1 is 1.27 bits per heavy atom. The molecule has 1 rings (SSSR count). The van der Waals surface area contributed by atoms with Crippen LogP contribution in [0.5, 0.6) is 0 Å². The minimum absolute atomic E-state index is 0. The molecule has 0 aliphatic heterocycles. The number of rotatable bonds is 2. The summed E-state index contributed by atoms with van der Waals surface area (Å²) in [5.74, 6) is 0.936. The van der Waals surface area contributed by atoms with Crippen LogP contribution in [-0.2, 0) is 0 Å².